The number of para-hydroxylation sites is 4. The Morgan fingerprint density at radius 3 is 1.43 bits per heavy atom. The normalized spacial score (nSPS) is 12.9. The van der Waals surface area contributed by atoms with Gasteiger partial charge in [-0.2, -0.15) is 0 Å². The Labute approximate surface area is 425 Å². The van der Waals surface area contributed by atoms with Gasteiger partial charge in [-0.15, -0.1) is 0 Å². The van der Waals surface area contributed by atoms with E-state index in [1.807, 2.05) is 48.7 Å². The molecule has 0 spiro atoms. The minimum atomic E-state index is -0.283. The fraction of sp³-hybridized carbons (Fsp3) is 0.443. The number of phenolic OH excluding ortho intramolecular Hbond substituents is 1. The SMILES string of the molecule is C.CC(C)(C)c1cc(C(C)(C)C)c(B2Oc3ccccc3N2c2ccccn2)c(C(C)(C)C)c1.COB(C)c1c(C(C)(C)C)cc(C(C)(C)C)cc1C(C)(C)C.Oc1ccccc1Nc1ccccn1. The van der Waals surface area contributed by atoms with E-state index in [9.17, 15) is 5.11 Å². The molecule has 70 heavy (non-hydrogen) atoms. The van der Waals surface area contributed by atoms with Crippen molar-refractivity contribution in [3.05, 3.63) is 155 Å². The molecule has 1 aliphatic heterocycles. The van der Waals surface area contributed by atoms with Gasteiger partial charge in [-0.3, -0.25) is 0 Å². The molecule has 2 aromatic heterocycles. The molecule has 3 heterocycles. The molecule has 0 atom stereocenters. The van der Waals surface area contributed by atoms with Gasteiger partial charge in [0.15, 0.2) is 0 Å². The minimum absolute atomic E-state index is 0. The third-order valence-corrected chi connectivity index (χ3v) is 12.7. The second-order valence-electron chi connectivity index (χ2n) is 24.7. The van der Waals surface area contributed by atoms with Gasteiger partial charge in [0.2, 0.25) is 0 Å². The second kappa shape index (κ2) is 21.9. The number of nitrogens with zero attached hydrogens (tertiary/aromatic N) is 3. The molecular formula is C61H86B2N4O3. The number of anilines is 4. The molecule has 9 heteroatoms. The number of pyridine rings is 2. The van der Waals surface area contributed by atoms with Gasteiger partial charge in [-0.25, -0.2) is 9.97 Å². The quantitative estimate of drug-likeness (QED) is 0.127. The third kappa shape index (κ3) is 13.9. The van der Waals surface area contributed by atoms with E-state index in [1.54, 1.807) is 31.5 Å². The van der Waals surface area contributed by atoms with Crippen LogP contribution in [0.1, 0.15) is 165 Å². The van der Waals surface area contributed by atoms with Crippen molar-refractivity contribution < 1.29 is 14.4 Å². The van der Waals surface area contributed by atoms with E-state index in [-0.39, 0.29) is 59.6 Å². The van der Waals surface area contributed by atoms with Gasteiger partial charge >= 0.3 is 14.0 Å². The summed E-state index contributed by atoms with van der Waals surface area (Å²) in [6.07, 6.45) is 3.55. The largest absolute Gasteiger partial charge is 0.536 e. The van der Waals surface area contributed by atoms with Crippen LogP contribution in [0, 0.1) is 0 Å². The molecule has 0 unspecified atom stereocenters. The molecule has 1 aliphatic rings. The Morgan fingerprint density at radius 1 is 0.557 bits per heavy atom. The van der Waals surface area contributed by atoms with Crippen molar-refractivity contribution in [2.24, 2.45) is 0 Å². The van der Waals surface area contributed by atoms with E-state index in [1.165, 1.54) is 44.3 Å². The fourth-order valence-electron chi connectivity index (χ4n) is 8.61. The summed E-state index contributed by atoms with van der Waals surface area (Å²) in [5.41, 5.74) is 12.9. The van der Waals surface area contributed by atoms with E-state index >= 15 is 0 Å². The maximum atomic E-state index is 9.48. The van der Waals surface area contributed by atoms with Crippen LogP contribution in [-0.4, -0.2) is 36.2 Å². The summed E-state index contributed by atoms with van der Waals surface area (Å²) < 4.78 is 12.5. The third-order valence-electron chi connectivity index (χ3n) is 12.7. The van der Waals surface area contributed by atoms with E-state index in [4.69, 9.17) is 14.3 Å². The number of rotatable bonds is 6. The van der Waals surface area contributed by atoms with Crippen LogP contribution in [-0.2, 0) is 37.1 Å². The predicted molar refractivity (Wildman–Crippen MR) is 305 cm³/mol. The average Bonchev–Trinajstić information content (AvgIpc) is 3.65. The van der Waals surface area contributed by atoms with Crippen LogP contribution >= 0.6 is 0 Å². The maximum Gasteiger partial charge on any atom is 0.526 e. The number of phenols is 1. The number of aromatic nitrogens is 2. The first-order valence-corrected chi connectivity index (χ1v) is 24.7. The molecular weight excluding hydrogens is 858 g/mol. The first kappa shape index (κ1) is 57.1. The Hall–Kier alpha value is -5.53. The summed E-state index contributed by atoms with van der Waals surface area (Å²) in [4.78, 5) is 11.1. The van der Waals surface area contributed by atoms with Gasteiger partial charge in [0, 0.05) is 19.5 Å². The second-order valence-corrected chi connectivity index (χ2v) is 24.7. The number of nitrogens with one attached hydrogen (secondary N) is 1. The topological polar surface area (TPSA) is 79.7 Å². The Balaban J connectivity index is 0.000000248. The van der Waals surface area contributed by atoms with Crippen LogP contribution in [0.4, 0.5) is 23.0 Å². The first-order valence-electron chi connectivity index (χ1n) is 24.7. The van der Waals surface area contributed by atoms with Crippen LogP contribution in [0.15, 0.2) is 122 Å². The molecule has 0 fully saturated rings. The predicted octanol–water partition coefficient (Wildman–Crippen LogP) is 15.1. The van der Waals surface area contributed by atoms with E-state index in [0.29, 0.717) is 11.5 Å². The van der Waals surface area contributed by atoms with Crippen LogP contribution in [0.5, 0.6) is 11.5 Å². The number of hydrogen-bond donors (Lipinski definition) is 2. The molecule has 0 saturated heterocycles. The lowest BCUT2D eigenvalue weighted by atomic mass is 9.54. The van der Waals surface area contributed by atoms with Crippen molar-refractivity contribution >= 4 is 47.9 Å². The number of benzene rings is 4. The number of fused-ring (bicyclic) bond motifs is 1. The van der Waals surface area contributed by atoms with Crippen molar-refractivity contribution in [3.63, 3.8) is 0 Å². The standard InChI is InChI=1S/C29H37BN2O.C20H35BO.C11H10N2O.CH4/c1-27(2,3)20-18-21(28(4,5)6)26(22(19-20)29(7,8)9)30-32(25-16-12-13-17-31-25)23-14-10-11-15-24(23)33-30;1-18(2,3)14-12-15(19(4,5)6)17(21(10)22-11)16(13-14)20(7,8)9;14-10-6-2-1-5-9(10)13-11-7-3-4-8-12-11;/h10-19H,1-9H3;12-13H,1-11H3;1-8,14H,(H,12,13);1H4. The molecule has 6 aromatic rings. The van der Waals surface area contributed by atoms with Crippen LogP contribution in [0.25, 0.3) is 0 Å². The summed E-state index contributed by atoms with van der Waals surface area (Å²) in [5, 5.41) is 12.5. The van der Waals surface area contributed by atoms with Gasteiger partial charge in [-0.1, -0.05) is 200 Å². The van der Waals surface area contributed by atoms with Gasteiger partial charge < -0.3 is 24.5 Å². The smallest absolute Gasteiger partial charge is 0.526 e. The lowest BCUT2D eigenvalue weighted by Gasteiger charge is -2.35. The monoisotopic (exact) mass is 945 g/mol. The van der Waals surface area contributed by atoms with Crippen LogP contribution in [0.3, 0.4) is 0 Å². The Bertz CT molecular complexity index is 2570. The van der Waals surface area contributed by atoms with Gasteiger partial charge in [0.05, 0.1) is 11.4 Å². The molecule has 0 radical (unpaired) electrons. The highest BCUT2D eigenvalue weighted by molar-refractivity contribution is 6.75. The molecule has 0 aliphatic carbocycles. The lowest BCUT2D eigenvalue weighted by Crippen LogP contribution is -2.53. The summed E-state index contributed by atoms with van der Waals surface area (Å²) in [5.74, 6) is 2.73. The molecule has 0 bridgehead atoms. The number of aromatic hydroxyl groups is 1. The lowest BCUT2D eigenvalue weighted by molar-refractivity contribution is 0.432. The molecule has 0 amide bonds. The molecule has 4 aromatic carbocycles. The summed E-state index contributed by atoms with van der Waals surface area (Å²) >= 11 is 0. The minimum Gasteiger partial charge on any atom is -0.536 e. The van der Waals surface area contributed by atoms with Crippen molar-refractivity contribution in [1.82, 2.24) is 9.97 Å². The highest BCUT2D eigenvalue weighted by atomic mass is 16.5. The van der Waals surface area contributed by atoms with Gasteiger partial charge in [0.1, 0.15) is 23.1 Å². The zero-order chi connectivity index (χ0) is 51.5. The highest BCUT2D eigenvalue weighted by Crippen LogP contribution is 2.43. The van der Waals surface area contributed by atoms with Crippen molar-refractivity contribution in [2.75, 3.05) is 17.2 Å². The molecule has 7 nitrogen and oxygen atoms in total. The van der Waals surface area contributed by atoms with Crippen LogP contribution < -0.4 is 25.7 Å². The van der Waals surface area contributed by atoms with Crippen LogP contribution in [0.2, 0.25) is 6.82 Å². The van der Waals surface area contributed by atoms with Gasteiger partial charge in [-0.05, 0) is 125 Å². The van der Waals surface area contributed by atoms with Gasteiger partial charge in [0.25, 0.3) is 0 Å². The summed E-state index contributed by atoms with van der Waals surface area (Å²) in [6.45, 7) is 43.6. The molecule has 2 N–H and O–H groups in total. The Kier molecular flexibility index (Phi) is 17.8. The summed E-state index contributed by atoms with van der Waals surface area (Å²) in [6, 6.07) is 36.6. The van der Waals surface area contributed by atoms with Crippen molar-refractivity contribution in [1.29, 1.82) is 0 Å². The summed E-state index contributed by atoms with van der Waals surface area (Å²) in [7, 11) is 1.52. The molecule has 7 rings (SSSR count). The Morgan fingerprint density at radius 2 is 1.00 bits per heavy atom. The van der Waals surface area contributed by atoms with Crippen molar-refractivity contribution in [2.45, 2.75) is 171 Å². The highest BCUT2D eigenvalue weighted by Gasteiger charge is 2.46. The zero-order valence-electron chi connectivity index (χ0n) is 45.8. The maximum absolute atomic E-state index is 9.48. The van der Waals surface area contributed by atoms with Crippen molar-refractivity contribution in [3.8, 4) is 11.5 Å². The molecule has 374 valence electrons. The fourth-order valence-corrected chi connectivity index (χ4v) is 8.61. The van der Waals surface area contributed by atoms with E-state index < -0.39 is 0 Å². The van der Waals surface area contributed by atoms with E-state index in [2.05, 4.69) is 195 Å². The molecule has 0 saturated carbocycles. The zero-order valence-corrected chi connectivity index (χ0v) is 45.8. The first-order chi connectivity index (χ1) is 31.8. The van der Waals surface area contributed by atoms with E-state index in [0.717, 1.165) is 17.3 Å². The average molecular weight is 945 g/mol. The number of hydrogen-bond acceptors (Lipinski definition) is 7.